The predicted octanol–water partition coefficient (Wildman–Crippen LogP) is 4.65. The number of aryl methyl sites for hydroxylation is 2. The van der Waals surface area contributed by atoms with Crippen molar-refractivity contribution >= 4 is 27.5 Å². The van der Waals surface area contributed by atoms with Crippen LogP contribution in [0.1, 0.15) is 34.3 Å². The molecule has 0 fully saturated rings. The molecule has 0 unspecified atom stereocenters. The number of allylic oxidation sites excluding steroid dienone is 1. The molecule has 5 heteroatoms. The Morgan fingerprint density at radius 1 is 1.23 bits per heavy atom. The van der Waals surface area contributed by atoms with Gasteiger partial charge in [0.25, 0.3) is 5.91 Å². The summed E-state index contributed by atoms with van der Waals surface area (Å²) >= 11 is 1.32. The molecular weight excluding hydrogens is 347 g/mol. The molecule has 0 atom stereocenters. The fourth-order valence-corrected chi connectivity index (χ4v) is 4.54. The molecule has 1 amide bonds. The molecule has 4 rings (SSSR count). The Bertz CT molecular complexity index is 1080. The SMILES string of the molecule is C=CCn1c(=NC(=O)c2ccc3c(c2)CCCC3)sc2cccc(F)c21. The molecule has 0 spiro atoms. The van der Waals surface area contributed by atoms with E-state index in [1.165, 1.54) is 35.0 Å². The van der Waals surface area contributed by atoms with Crippen LogP contribution in [0.4, 0.5) is 4.39 Å². The largest absolute Gasteiger partial charge is 0.310 e. The molecule has 1 aromatic heterocycles. The molecule has 132 valence electrons. The molecule has 3 nitrogen and oxygen atoms in total. The van der Waals surface area contributed by atoms with Crippen molar-refractivity contribution in [2.45, 2.75) is 32.2 Å². The molecule has 1 heterocycles. The Kier molecular flexibility index (Phi) is 4.55. The summed E-state index contributed by atoms with van der Waals surface area (Å²) in [5, 5.41) is 0. The van der Waals surface area contributed by atoms with Gasteiger partial charge in [-0.15, -0.1) is 6.58 Å². The van der Waals surface area contributed by atoms with Crippen LogP contribution in [0.3, 0.4) is 0 Å². The van der Waals surface area contributed by atoms with Crippen LogP contribution in [0.25, 0.3) is 10.2 Å². The van der Waals surface area contributed by atoms with Gasteiger partial charge in [0, 0.05) is 12.1 Å². The molecule has 0 radical (unpaired) electrons. The minimum absolute atomic E-state index is 0.289. The number of halogens is 1. The van der Waals surface area contributed by atoms with Gasteiger partial charge in [-0.3, -0.25) is 4.79 Å². The van der Waals surface area contributed by atoms with Gasteiger partial charge in [0.15, 0.2) is 4.80 Å². The number of hydrogen-bond acceptors (Lipinski definition) is 2. The van der Waals surface area contributed by atoms with Crippen LogP contribution in [0.15, 0.2) is 54.0 Å². The van der Waals surface area contributed by atoms with E-state index in [4.69, 9.17) is 0 Å². The van der Waals surface area contributed by atoms with E-state index in [2.05, 4.69) is 11.6 Å². The smallest absolute Gasteiger partial charge is 0.279 e. The van der Waals surface area contributed by atoms with Crippen molar-refractivity contribution in [3.63, 3.8) is 0 Å². The van der Waals surface area contributed by atoms with E-state index in [0.29, 0.717) is 22.4 Å². The van der Waals surface area contributed by atoms with Crippen LogP contribution in [-0.4, -0.2) is 10.5 Å². The zero-order valence-electron chi connectivity index (χ0n) is 14.4. The molecule has 1 aliphatic carbocycles. The predicted molar refractivity (Wildman–Crippen MR) is 103 cm³/mol. The topological polar surface area (TPSA) is 34.4 Å². The van der Waals surface area contributed by atoms with Gasteiger partial charge in [-0.25, -0.2) is 4.39 Å². The second-order valence-corrected chi connectivity index (χ2v) is 7.49. The van der Waals surface area contributed by atoms with Gasteiger partial charge in [-0.1, -0.05) is 29.5 Å². The number of carbonyl (C=O) groups is 1. The average Bonchev–Trinajstić information content (AvgIpc) is 3.00. The van der Waals surface area contributed by atoms with Crippen LogP contribution in [0, 0.1) is 5.82 Å². The molecular formula is C21H19FN2OS. The Morgan fingerprint density at radius 3 is 2.85 bits per heavy atom. The summed E-state index contributed by atoms with van der Waals surface area (Å²) in [6.45, 7) is 4.13. The van der Waals surface area contributed by atoms with Crippen molar-refractivity contribution in [2.75, 3.05) is 0 Å². The van der Waals surface area contributed by atoms with Gasteiger partial charge in [0.1, 0.15) is 5.82 Å². The maximum Gasteiger partial charge on any atom is 0.279 e. The van der Waals surface area contributed by atoms with Crippen molar-refractivity contribution in [1.82, 2.24) is 4.57 Å². The Labute approximate surface area is 155 Å². The van der Waals surface area contributed by atoms with Crippen LogP contribution >= 0.6 is 11.3 Å². The first-order chi connectivity index (χ1) is 12.7. The van der Waals surface area contributed by atoms with E-state index in [1.54, 1.807) is 16.7 Å². The van der Waals surface area contributed by atoms with E-state index in [-0.39, 0.29) is 11.7 Å². The monoisotopic (exact) mass is 366 g/mol. The molecule has 3 aromatic rings. The van der Waals surface area contributed by atoms with Gasteiger partial charge < -0.3 is 4.57 Å². The third kappa shape index (κ3) is 3.03. The van der Waals surface area contributed by atoms with Crippen molar-refractivity contribution in [1.29, 1.82) is 0 Å². The number of hydrogen-bond donors (Lipinski definition) is 0. The lowest BCUT2D eigenvalue weighted by molar-refractivity contribution is 0.0997. The molecule has 0 saturated heterocycles. The normalized spacial score (nSPS) is 14.4. The zero-order chi connectivity index (χ0) is 18.1. The second kappa shape index (κ2) is 7.00. The van der Waals surface area contributed by atoms with Crippen LogP contribution < -0.4 is 4.80 Å². The van der Waals surface area contributed by atoms with Crippen LogP contribution in [-0.2, 0) is 19.4 Å². The average molecular weight is 366 g/mol. The van der Waals surface area contributed by atoms with E-state index in [1.807, 2.05) is 24.3 Å². The third-order valence-corrected chi connectivity index (χ3v) is 5.80. The third-order valence-electron chi connectivity index (χ3n) is 4.76. The highest BCUT2D eigenvalue weighted by atomic mass is 32.1. The highest BCUT2D eigenvalue weighted by molar-refractivity contribution is 7.16. The standard InChI is InChI=1S/C21H19FN2OS/c1-2-12-24-19-17(22)8-5-9-18(19)26-21(24)23-20(25)16-11-10-14-6-3-4-7-15(14)13-16/h2,5,8-11,13H,1,3-4,6-7,12H2. The lowest BCUT2D eigenvalue weighted by Crippen LogP contribution is -2.17. The summed E-state index contributed by atoms with van der Waals surface area (Å²) in [6.07, 6.45) is 6.15. The number of amides is 1. The van der Waals surface area contributed by atoms with Crippen molar-refractivity contribution in [2.24, 2.45) is 4.99 Å². The number of thiazole rings is 1. The number of rotatable bonds is 3. The molecule has 2 aromatic carbocycles. The number of fused-ring (bicyclic) bond motifs is 2. The number of carbonyl (C=O) groups excluding carboxylic acids is 1. The minimum Gasteiger partial charge on any atom is -0.310 e. The summed E-state index contributed by atoms with van der Waals surface area (Å²) in [4.78, 5) is 17.5. The lowest BCUT2D eigenvalue weighted by atomic mass is 9.90. The van der Waals surface area contributed by atoms with Crippen LogP contribution in [0.2, 0.25) is 0 Å². The van der Waals surface area contributed by atoms with Gasteiger partial charge >= 0.3 is 0 Å². The van der Waals surface area contributed by atoms with Gasteiger partial charge in [-0.05, 0) is 61.1 Å². The first-order valence-corrected chi connectivity index (χ1v) is 9.58. The molecule has 0 N–H and O–H groups in total. The number of benzene rings is 2. The molecule has 0 aliphatic heterocycles. The quantitative estimate of drug-likeness (QED) is 0.622. The Hall–Kier alpha value is -2.53. The molecule has 0 bridgehead atoms. The van der Waals surface area contributed by atoms with E-state index >= 15 is 0 Å². The second-order valence-electron chi connectivity index (χ2n) is 6.48. The highest BCUT2D eigenvalue weighted by Gasteiger charge is 2.14. The summed E-state index contributed by atoms with van der Waals surface area (Å²) in [5.74, 6) is -0.605. The van der Waals surface area contributed by atoms with Crippen molar-refractivity contribution in [3.8, 4) is 0 Å². The van der Waals surface area contributed by atoms with Gasteiger partial charge in [0.05, 0.1) is 10.2 Å². The van der Waals surface area contributed by atoms with E-state index in [0.717, 1.165) is 24.0 Å². The van der Waals surface area contributed by atoms with Crippen molar-refractivity contribution < 1.29 is 9.18 Å². The van der Waals surface area contributed by atoms with Crippen LogP contribution in [0.5, 0.6) is 0 Å². The maximum absolute atomic E-state index is 14.3. The highest BCUT2D eigenvalue weighted by Crippen LogP contribution is 2.23. The zero-order valence-corrected chi connectivity index (χ0v) is 15.2. The summed E-state index contributed by atoms with van der Waals surface area (Å²) in [5.41, 5.74) is 3.64. The minimum atomic E-state index is -0.316. The molecule has 0 saturated carbocycles. The molecule has 26 heavy (non-hydrogen) atoms. The maximum atomic E-state index is 14.3. The van der Waals surface area contributed by atoms with E-state index < -0.39 is 0 Å². The molecule has 1 aliphatic rings. The Balaban J connectivity index is 1.80. The first kappa shape index (κ1) is 16.9. The summed E-state index contributed by atoms with van der Waals surface area (Å²) < 4.78 is 16.7. The number of para-hydroxylation sites is 1. The summed E-state index contributed by atoms with van der Waals surface area (Å²) in [7, 11) is 0. The Morgan fingerprint density at radius 2 is 2.04 bits per heavy atom. The number of aromatic nitrogens is 1. The van der Waals surface area contributed by atoms with E-state index in [9.17, 15) is 9.18 Å². The number of nitrogens with zero attached hydrogens (tertiary/aromatic N) is 2. The first-order valence-electron chi connectivity index (χ1n) is 8.77. The lowest BCUT2D eigenvalue weighted by Gasteiger charge is -2.15. The fraction of sp³-hybridized carbons (Fsp3) is 0.238. The van der Waals surface area contributed by atoms with Crippen molar-refractivity contribution in [3.05, 3.63) is 76.4 Å². The fourth-order valence-electron chi connectivity index (χ4n) is 3.49. The van der Waals surface area contributed by atoms with Gasteiger partial charge in [-0.2, -0.15) is 4.99 Å². The van der Waals surface area contributed by atoms with Gasteiger partial charge in [0.2, 0.25) is 0 Å². The summed E-state index contributed by atoms with van der Waals surface area (Å²) in [6, 6.07) is 10.8.